The van der Waals surface area contributed by atoms with E-state index in [9.17, 15) is 9.90 Å². The van der Waals surface area contributed by atoms with Crippen LogP contribution < -0.4 is 9.47 Å². The summed E-state index contributed by atoms with van der Waals surface area (Å²) in [4.78, 5) is 16.9. The Labute approximate surface area is 137 Å². The lowest BCUT2D eigenvalue weighted by molar-refractivity contribution is 0.101. The highest BCUT2D eigenvalue weighted by molar-refractivity contribution is 6.14. The van der Waals surface area contributed by atoms with Gasteiger partial charge in [-0.3, -0.25) is 4.79 Å². The average molecular weight is 319 g/mol. The van der Waals surface area contributed by atoms with Gasteiger partial charge in [-0.15, -0.1) is 0 Å². The number of ether oxygens (including phenoxy) is 2. The molecule has 5 nitrogen and oxygen atoms in total. The standard InChI is InChI=1S/C19H13NO4/c1-23-15-4-2-3-11-5-6-12(20-18(11)15)9-17-19(22)14-8-7-13(21)10-16(14)24-17/h2-10,21H,1H3/b17-9-. The molecule has 2 aromatic carbocycles. The third-order valence-corrected chi connectivity index (χ3v) is 3.86. The van der Waals surface area contributed by atoms with E-state index in [0.717, 1.165) is 10.9 Å². The highest BCUT2D eigenvalue weighted by Crippen LogP contribution is 2.34. The Kier molecular flexibility index (Phi) is 3.20. The van der Waals surface area contributed by atoms with Gasteiger partial charge in [-0.2, -0.15) is 0 Å². The van der Waals surface area contributed by atoms with Crippen LogP contribution in [0.1, 0.15) is 16.1 Å². The largest absolute Gasteiger partial charge is 0.508 e. The molecule has 0 saturated heterocycles. The van der Waals surface area contributed by atoms with Crippen LogP contribution in [-0.4, -0.2) is 23.0 Å². The van der Waals surface area contributed by atoms with Crippen molar-refractivity contribution in [3.8, 4) is 17.2 Å². The molecular formula is C19H13NO4. The predicted octanol–water partition coefficient (Wildman–Crippen LogP) is 3.57. The second kappa shape index (κ2) is 5.38. The van der Waals surface area contributed by atoms with Gasteiger partial charge in [0.15, 0.2) is 5.76 Å². The molecule has 118 valence electrons. The summed E-state index contributed by atoms with van der Waals surface area (Å²) in [5, 5.41) is 10.4. The van der Waals surface area contributed by atoms with E-state index in [-0.39, 0.29) is 17.3 Å². The van der Waals surface area contributed by atoms with E-state index in [1.54, 1.807) is 19.3 Å². The van der Waals surface area contributed by atoms with E-state index in [2.05, 4.69) is 4.98 Å². The molecule has 5 heteroatoms. The normalized spacial score (nSPS) is 14.7. The first-order valence-electron chi connectivity index (χ1n) is 7.37. The highest BCUT2D eigenvalue weighted by Gasteiger charge is 2.27. The topological polar surface area (TPSA) is 68.7 Å². The smallest absolute Gasteiger partial charge is 0.232 e. The average Bonchev–Trinajstić information content (AvgIpc) is 2.89. The van der Waals surface area contributed by atoms with Crippen molar-refractivity contribution in [2.45, 2.75) is 0 Å². The number of aromatic nitrogens is 1. The summed E-state index contributed by atoms with van der Waals surface area (Å²) in [7, 11) is 1.59. The minimum atomic E-state index is -0.230. The van der Waals surface area contributed by atoms with Crippen LogP contribution >= 0.6 is 0 Å². The molecule has 0 spiro atoms. The van der Waals surface area contributed by atoms with Gasteiger partial charge >= 0.3 is 0 Å². The molecule has 0 radical (unpaired) electrons. The second-order valence-corrected chi connectivity index (χ2v) is 5.39. The van der Waals surface area contributed by atoms with Crippen LogP contribution in [0.15, 0.2) is 54.3 Å². The monoisotopic (exact) mass is 319 g/mol. The van der Waals surface area contributed by atoms with Crippen LogP contribution in [0, 0.1) is 0 Å². The first kappa shape index (κ1) is 14.3. The fourth-order valence-electron chi connectivity index (χ4n) is 2.69. The Hall–Kier alpha value is -3.34. The number of benzene rings is 2. The molecule has 0 atom stereocenters. The van der Waals surface area contributed by atoms with Crippen molar-refractivity contribution in [2.24, 2.45) is 0 Å². The quantitative estimate of drug-likeness (QED) is 0.731. The number of pyridine rings is 1. The maximum absolute atomic E-state index is 12.4. The highest BCUT2D eigenvalue weighted by atomic mass is 16.5. The lowest BCUT2D eigenvalue weighted by Gasteiger charge is -2.05. The number of nitrogens with zero attached hydrogens (tertiary/aromatic N) is 1. The van der Waals surface area contributed by atoms with Crippen molar-refractivity contribution in [3.63, 3.8) is 0 Å². The zero-order chi connectivity index (χ0) is 16.7. The predicted molar refractivity (Wildman–Crippen MR) is 89.3 cm³/mol. The number of hydrogen-bond acceptors (Lipinski definition) is 5. The summed E-state index contributed by atoms with van der Waals surface area (Å²) in [5.41, 5.74) is 1.74. The van der Waals surface area contributed by atoms with E-state index in [0.29, 0.717) is 22.8 Å². The maximum Gasteiger partial charge on any atom is 0.232 e. The Morgan fingerprint density at radius 3 is 2.88 bits per heavy atom. The molecule has 0 unspecified atom stereocenters. The number of allylic oxidation sites excluding steroid dienone is 1. The number of fused-ring (bicyclic) bond motifs is 2. The molecule has 0 fully saturated rings. The zero-order valence-corrected chi connectivity index (χ0v) is 12.8. The Bertz CT molecular complexity index is 1010. The number of para-hydroxylation sites is 1. The Balaban J connectivity index is 1.77. The molecule has 3 aromatic rings. The number of carbonyl (C=O) groups is 1. The molecule has 0 amide bonds. The first-order valence-corrected chi connectivity index (χ1v) is 7.37. The van der Waals surface area contributed by atoms with Crippen molar-refractivity contribution in [3.05, 3.63) is 65.5 Å². The van der Waals surface area contributed by atoms with Gasteiger partial charge in [0.05, 0.1) is 18.4 Å². The summed E-state index contributed by atoms with van der Waals surface area (Å²) >= 11 is 0. The minimum absolute atomic E-state index is 0.0522. The van der Waals surface area contributed by atoms with Crippen molar-refractivity contribution in [1.29, 1.82) is 0 Å². The van der Waals surface area contributed by atoms with Crippen LogP contribution in [0.4, 0.5) is 0 Å². The van der Waals surface area contributed by atoms with Crippen molar-refractivity contribution < 1.29 is 19.4 Å². The first-order chi connectivity index (χ1) is 11.7. The number of hydrogen-bond donors (Lipinski definition) is 1. The summed E-state index contributed by atoms with van der Waals surface area (Å²) in [6.07, 6.45) is 1.59. The molecule has 0 aliphatic carbocycles. The SMILES string of the molecule is COc1cccc2ccc(/C=C3\Oc4cc(O)ccc4C3=O)nc12. The van der Waals surface area contributed by atoms with Crippen LogP contribution in [0.3, 0.4) is 0 Å². The van der Waals surface area contributed by atoms with E-state index in [1.165, 1.54) is 12.1 Å². The third kappa shape index (κ3) is 2.27. The summed E-state index contributed by atoms with van der Waals surface area (Å²) in [5.74, 6) is 1.02. The molecule has 1 N–H and O–H groups in total. The van der Waals surface area contributed by atoms with E-state index < -0.39 is 0 Å². The van der Waals surface area contributed by atoms with Crippen LogP contribution in [0.25, 0.3) is 17.0 Å². The minimum Gasteiger partial charge on any atom is -0.508 e. The van der Waals surface area contributed by atoms with Gasteiger partial charge in [0.1, 0.15) is 22.8 Å². The molecule has 24 heavy (non-hydrogen) atoms. The number of carbonyl (C=O) groups excluding carboxylic acids is 1. The second-order valence-electron chi connectivity index (χ2n) is 5.39. The fraction of sp³-hybridized carbons (Fsp3) is 0.0526. The van der Waals surface area contributed by atoms with Crippen LogP contribution in [0.5, 0.6) is 17.2 Å². The van der Waals surface area contributed by atoms with Gasteiger partial charge in [0, 0.05) is 17.5 Å². The summed E-state index contributed by atoms with van der Waals surface area (Å²) in [6, 6.07) is 13.8. The zero-order valence-electron chi connectivity index (χ0n) is 12.8. The number of aromatic hydroxyl groups is 1. The van der Waals surface area contributed by atoms with Gasteiger partial charge in [-0.1, -0.05) is 18.2 Å². The maximum atomic E-state index is 12.4. The van der Waals surface area contributed by atoms with E-state index in [1.807, 2.05) is 30.3 Å². The molecule has 2 heterocycles. The van der Waals surface area contributed by atoms with Gasteiger partial charge in [0.2, 0.25) is 5.78 Å². The lowest BCUT2D eigenvalue weighted by atomic mass is 10.1. The number of ketones is 1. The molecule has 4 rings (SSSR count). The summed E-state index contributed by atoms with van der Waals surface area (Å²) in [6.45, 7) is 0. The van der Waals surface area contributed by atoms with Gasteiger partial charge in [0.25, 0.3) is 0 Å². The number of methoxy groups -OCH3 is 1. The van der Waals surface area contributed by atoms with Crippen molar-refractivity contribution >= 4 is 22.8 Å². The van der Waals surface area contributed by atoms with Crippen molar-refractivity contribution in [2.75, 3.05) is 7.11 Å². The van der Waals surface area contributed by atoms with Crippen LogP contribution in [0.2, 0.25) is 0 Å². The van der Waals surface area contributed by atoms with Crippen molar-refractivity contribution in [1.82, 2.24) is 4.98 Å². The Morgan fingerprint density at radius 2 is 2.04 bits per heavy atom. The van der Waals surface area contributed by atoms with E-state index >= 15 is 0 Å². The van der Waals surface area contributed by atoms with Crippen LogP contribution in [-0.2, 0) is 0 Å². The van der Waals surface area contributed by atoms with Gasteiger partial charge in [-0.05, 0) is 24.3 Å². The lowest BCUT2D eigenvalue weighted by Crippen LogP contribution is -1.99. The fourth-order valence-corrected chi connectivity index (χ4v) is 2.69. The number of rotatable bonds is 2. The van der Waals surface area contributed by atoms with E-state index in [4.69, 9.17) is 9.47 Å². The molecule has 1 aromatic heterocycles. The number of Topliss-reactive ketones (excluding diaryl/α,β-unsaturated/α-hetero) is 1. The van der Waals surface area contributed by atoms with Gasteiger partial charge in [-0.25, -0.2) is 4.98 Å². The third-order valence-electron chi connectivity index (χ3n) is 3.86. The molecule has 0 saturated carbocycles. The molecule has 1 aliphatic rings. The molecular weight excluding hydrogens is 306 g/mol. The number of phenols is 1. The van der Waals surface area contributed by atoms with Gasteiger partial charge < -0.3 is 14.6 Å². The molecule has 1 aliphatic heterocycles. The Morgan fingerprint density at radius 1 is 1.17 bits per heavy atom. The number of phenolic OH excluding ortho intramolecular Hbond substituents is 1. The summed E-state index contributed by atoms with van der Waals surface area (Å²) < 4.78 is 10.9. The molecule has 0 bridgehead atoms.